The molecule has 0 atom stereocenters. The zero-order valence-corrected chi connectivity index (χ0v) is 11.6. The first-order valence-corrected chi connectivity index (χ1v) is 6.19. The summed E-state index contributed by atoms with van der Waals surface area (Å²) in [5.74, 6) is 1.17. The van der Waals surface area contributed by atoms with Crippen LogP contribution in [0, 0.1) is 11.3 Å². The third-order valence-electron chi connectivity index (χ3n) is 3.13. The quantitative estimate of drug-likeness (QED) is 0.680. The van der Waals surface area contributed by atoms with Crippen LogP contribution in [0.2, 0.25) is 5.15 Å². The van der Waals surface area contributed by atoms with Crippen molar-refractivity contribution in [1.82, 2.24) is 9.38 Å². The van der Waals surface area contributed by atoms with Gasteiger partial charge in [0, 0.05) is 23.7 Å². The van der Waals surface area contributed by atoms with E-state index in [-0.39, 0.29) is 0 Å². The van der Waals surface area contributed by atoms with Gasteiger partial charge in [0.15, 0.2) is 11.5 Å². The summed E-state index contributed by atoms with van der Waals surface area (Å²) in [7, 11) is 3.13. The molecule has 0 saturated carbocycles. The number of methoxy groups -OCH3 is 2. The van der Waals surface area contributed by atoms with Gasteiger partial charge in [-0.25, -0.2) is 4.98 Å². The Bertz CT molecular complexity index is 864. The van der Waals surface area contributed by atoms with Crippen LogP contribution in [-0.4, -0.2) is 23.6 Å². The number of fused-ring (bicyclic) bond motifs is 3. The number of benzene rings is 1. The Labute approximate surface area is 119 Å². The molecular formula is C14H10ClN3O2. The third-order valence-corrected chi connectivity index (χ3v) is 3.41. The lowest BCUT2D eigenvalue weighted by molar-refractivity contribution is 0.355. The highest BCUT2D eigenvalue weighted by atomic mass is 35.5. The van der Waals surface area contributed by atoms with Crippen LogP contribution < -0.4 is 9.47 Å². The van der Waals surface area contributed by atoms with Crippen LogP contribution >= 0.6 is 11.6 Å². The second-order valence-electron chi connectivity index (χ2n) is 4.20. The minimum absolute atomic E-state index is 0.357. The Balaban J connectivity index is 2.47. The van der Waals surface area contributed by atoms with Gasteiger partial charge in [-0.1, -0.05) is 11.6 Å². The molecule has 5 nitrogen and oxygen atoms in total. The molecule has 0 fully saturated rings. The number of nitriles is 1. The fourth-order valence-electron chi connectivity index (χ4n) is 2.18. The molecule has 3 rings (SSSR count). The molecule has 0 amide bonds. The van der Waals surface area contributed by atoms with E-state index in [1.54, 1.807) is 32.5 Å². The molecule has 0 radical (unpaired) electrons. The van der Waals surface area contributed by atoms with Crippen LogP contribution in [0.4, 0.5) is 0 Å². The van der Waals surface area contributed by atoms with E-state index in [2.05, 4.69) is 11.1 Å². The molecule has 20 heavy (non-hydrogen) atoms. The van der Waals surface area contributed by atoms with E-state index >= 15 is 0 Å². The standard InChI is InChI=1S/C14H10ClN3O2/c1-19-11-4-9-10(5-12(11)20-2)18-7-8(6-16)3-13(18)17-14(9)15/h3-5,7H,1-2H3. The molecule has 6 heteroatoms. The highest BCUT2D eigenvalue weighted by Gasteiger charge is 2.13. The van der Waals surface area contributed by atoms with E-state index in [1.807, 2.05) is 10.5 Å². The van der Waals surface area contributed by atoms with Gasteiger partial charge >= 0.3 is 0 Å². The molecule has 100 valence electrons. The van der Waals surface area contributed by atoms with Crippen LogP contribution in [0.1, 0.15) is 5.56 Å². The summed E-state index contributed by atoms with van der Waals surface area (Å²) in [6, 6.07) is 7.36. The zero-order chi connectivity index (χ0) is 14.3. The summed E-state index contributed by atoms with van der Waals surface area (Å²) in [5, 5.41) is 10.1. The zero-order valence-electron chi connectivity index (χ0n) is 10.8. The summed E-state index contributed by atoms with van der Waals surface area (Å²) in [4.78, 5) is 4.28. The summed E-state index contributed by atoms with van der Waals surface area (Å²) in [6.07, 6.45) is 1.72. The van der Waals surface area contributed by atoms with Crippen molar-refractivity contribution in [2.75, 3.05) is 14.2 Å². The van der Waals surface area contributed by atoms with E-state index in [4.69, 9.17) is 26.3 Å². The Hall–Kier alpha value is -2.45. The first-order chi connectivity index (χ1) is 9.67. The van der Waals surface area contributed by atoms with Gasteiger partial charge in [-0.15, -0.1) is 0 Å². The first kappa shape index (κ1) is 12.6. The van der Waals surface area contributed by atoms with E-state index in [0.717, 1.165) is 10.9 Å². The summed E-state index contributed by atoms with van der Waals surface area (Å²) in [6.45, 7) is 0. The summed E-state index contributed by atoms with van der Waals surface area (Å²) in [5.41, 5.74) is 1.95. The predicted molar refractivity (Wildman–Crippen MR) is 75.5 cm³/mol. The number of aromatic nitrogens is 2. The van der Waals surface area contributed by atoms with Gasteiger partial charge in [-0.3, -0.25) is 4.40 Å². The van der Waals surface area contributed by atoms with Gasteiger partial charge in [-0.05, 0) is 6.07 Å². The Morgan fingerprint density at radius 3 is 2.55 bits per heavy atom. The number of ether oxygens (including phenoxy) is 2. The van der Waals surface area contributed by atoms with Crippen molar-refractivity contribution < 1.29 is 9.47 Å². The average Bonchev–Trinajstić information content (AvgIpc) is 2.89. The lowest BCUT2D eigenvalue weighted by Gasteiger charge is -2.11. The number of hydrogen-bond acceptors (Lipinski definition) is 4. The summed E-state index contributed by atoms with van der Waals surface area (Å²) < 4.78 is 12.4. The first-order valence-electron chi connectivity index (χ1n) is 5.81. The van der Waals surface area contributed by atoms with Gasteiger partial charge < -0.3 is 9.47 Å². The lowest BCUT2D eigenvalue weighted by atomic mass is 10.2. The molecule has 0 aliphatic carbocycles. The lowest BCUT2D eigenvalue weighted by Crippen LogP contribution is -1.95. The molecule has 2 aromatic heterocycles. The van der Waals surface area contributed by atoms with Crippen LogP contribution in [0.15, 0.2) is 24.4 Å². The maximum Gasteiger partial charge on any atom is 0.162 e. The van der Waals surface area contributed by atoms with Crippen LogP contribution in [0.5, 0.6) is 11.5 Å². The van der Waals surface area contributed by atoms with Crippen molar-refractivity contribution in [3.05, 3.63) is 35.1 Å². The maximum atomic E-state index is 8.99. The molecular weight excluding hydrogens is 278 g/mol. The Kier molecular flexibility index (Phi) is 2.88. The van der Waals surface area contributed by atoms with Crippen molar-refractivity contribution in [1.29, 1.82) is 5.26 Å². The molecule has 0 saturated heterocycles. The van der Waals surface area contributed by atoms with E-state index in [1.165, 1.54) is 0 Å². The Morgan fingerprint density at radius 1 is 1.20 bits per heavy atom. The molecule has 0 unspecified atom stereocenters. The Morgan fingerprint density at radius 2 is 1.90 bits per heavy atom. The number of rotatable bonds is 2. The van der Waals surface area contributed by atoms with Gasteiger partial charge in [0.2, 0.25) is 0 Å². The fourth-order valence-corrected chi connectivity index (χ4v) is 2.42. The van der Waals surface area contributed by atoms with Gasteiger partial charge in [0.1, 0.15) is 16.9 Å². The molecule has 0 aliphatic heterocycles. The highest BCUT2D eigenvalue weighted by Crippen LogP contribution is 2.35. The number of hydrogen-bond donors (Lipinski definition) is 0. The second-order valence-corrected chi connectivity index (χ2v) is 4.55. The van der Waals surface area contributed by atoms with Crippen LogP contribution in [-0.2, 0) is 0 Å². The molecule has 3 aromatic rings. The normalized spacial score (nSPS) is 10.7. The molecule has 0 aliphatic rings. The van der Waals surface area contributed by atoms with Crippen LogP contribution in [0.25, 0.3) is 16.6 Å². The topological polar surface area (TPSA) is 59.5 Å². The molecule has 1 aromatic carbocycles. The smallest absolute Gasteiger partial charge is 0.162 e. The SMILES string of the molecule is COc1cc2c(Cl)nc3cc(C#N)cn3c2cc1OC. The average molecular weight is 288 g/mol. The highest BCUT2D eigenvalue weighted by molar-refractivity contribution is 6.34. The summed E-state index contributed by atoms with van der Waals surface area (Å²) >= 11 is 6.21. The minimum Gasteiger partial charge on any atom is -0.493 e. The predicted octanol–water partition coefficient (Wildman–Crippen LogP) is 3.03. The number of nitrogens with zero attached hydrogens (tertiary/aromatic N) is 3. The molecule has 0 spiro atoms. The fraction of sp³-hybridized carbons (Fsp3) is 0.143. The van der Waals surface area contributed by atoms with Gasteiger partial charge in [-0.2, -0.15) is 5.26 Å². The van der Waals surface area contributed by atoms with Crippen molar-refractivity contribution >= 4 is 28.2 Å². The van der Waals surface area contributed by atoms with Crippen molar-refractivity contribution in [2.24, 2.45) is 0 Å². The van der Waals surface area contributed by atoms with E-state index in [0.29, 0.717) is 27.9 Å². The molecule has 0 bridgehead atoms. The van der Waals surface area contributed by atoms with Crippen molar-refractivity contribution in [3.8, 4) is 17.6 Å². The van der Waals surface area contributed by atoms with Crippen molar-refractivity contribution in [3.63, 3.8) is 0 Å². The largest absolute Gasteiger partial charge is 0.493 e. The maximum absolute atomic E-state index is 8.99. The van der Waals surface area contributed by atoms with Gasteiger partial charge in [0.05, 0.1) is 25.3 Å². The number of halogens is 1. The van der Waals surface area contributed by atoms with E-state index in [9.17, 15) is 0 Å². The monoisotopic (exact) mass is 287 g/mol. The molecule has 2 heterocycles. The molecule has 0 N–H and O–H groups in total. The van der Waals surface area contributed by atoms with Crippen LogP contribution in [0.3, 0.4) is 0 Å². The minimum atomic E-state index is 0.357. The second kappa shape index (κ2) is 4.58. The third kappa shape index (κ3) is 1.74. The van der Waals surface area contributed by atoms with Crippen molar-refractivity contribution in [2.45, 2.75) is 0 Å². The van der Waals surface area contributed by atoms with Gasteiger partial charge in [0.25, 0.3) is 0 Å². The van der Waals surface area contributed by atoms with E-state index < -0.39 is 0 Å².